The number of carbonyl (C=O) groups excluding carboxylic acids is 1. The van der Waals surface area contributed by atoms with Gasteiger partial charge in [-0.25, -0.2) is 14.8 Å². The third kappa shape index (κ3) is 4.67. The van der Waals surface area contributed by atoms with E-state index in [2.05, 4.69) is 14.9 Å². The molecule has 6 rings (SSSR count). The van der Waals surface area contributed by atoms with E-state index in [0.717, 1.165) is 18.4 Å². The smallest absolute Gasteiger partial charge is 0.410 e. The summed E-state index contributed by atoms with van der Waals surface area (Å²) in [6.45, 7) is 13.2. The maximum atomic E-state index is 12.8. The molecule has 0 bridgehead atoms. The molecule has 1 spiro atoms. The summed E-state index contributed by atoms with van der Waals surface area (Å²) < 4.78 is 33.0. The van der Waals surface area contributed by atoms with E-state index in [1.54, 1.807) is 4.90 Å². The molecule has 12 heteroatoms. The number of halogens is 1. The van der Waals surface area contributed by atoms with Gasteiger partial charge in [0.05, 0.1) is 24.1 Å². The van der Waals surface area contributed by atoms with Gasteiger partial charge in [-0.2, -0.15) is 0 Å². The van der Waals surface area contributed by atoms with Gasteiger partial charge in [0.15, 0.2) is 12.0 Å². The lowest BCUT2D eigenvalue weighted by Crippen LogP contribution is -2.61. The van der Waals surface area contributed by atoms with E-state index >= 15 is 0 Å². The molecule has 4 aliphatic rings. The van der Waals surface area contributed by atoms with Crippen LogP contribution in [0.25, 0.3) is 11.0 Å². The Labute approximate surface area is 227 Å². The maximum absolute atomic E-state index is 12.8. The Morgan fingerprint density at radius 2 is 2.00 bits per heavy atom. The third-order valence-electron chi connectivity index (χ3n) is 7.79. The highest BCUT2D eigenvalue weighted by Gasteiger charge is 2.58. The van der Waals surface area contributed by atoms with Crippen molar-refractivity contribution in [2.24, 2.45) is 0 Å². The number of rotatable bonds is 3. The summed E-state index contributed by atoms with van der Waals surface area (Å²) >= 11 is 6.31. The molecule has 2 aromatic heterocycles. The Kier molecular flexibility index (Phi) is 6.40. The van der Waals surface area contributed by atoms with E-state index in [1.807, 2.05) is 51.4 Å². The molecule has 1 amide bonds. The minimum atomic E-state index is -0.741. The topological polar surface area (TPSA) is 100 Å². The molecule has 4 saturated heterocycles. The number of ether oxygens (including phenoxy) is 5. The van der Waals surface area contributed by atoms with Gasteiger partial charge in [0.1, 0.15) is 41.0 Å². The predicted octanol–water partition coefficient (Wildman–Crippen LogP) is 3.21. The van der Waals surface area contributed by atoms with Gasteiger partial charge < -0.3 is 33.2 Å². The van der Waals surface area contributed by atoms with Crippen LogP contribution >= 0.6 is 11.6 Å². The fraction of sp³-hybridized carbons (Fsp3) is 0.731. The first-order valence-electron chi connectivity index (χ1n) is 13.2. The quantitative estimate of drug-likeness (QED) is 0.534. The van der Waals surface area contributed by atoms with E-state index in [1.165, 1.54) is 6.33 Å². The van der Waals surface area contributed by atoms with Crippen molar-refractivity contribution >= 4 is 28.7 Å². The number of morpholine rings is 1. The van der Waals surface area contributed by atoms with E-state index in [0.29, 0.717) is 43.6 Å². The second-order valence-corrected chi connectivity index (χ2v) is 12.5. The lowest BCUT2D eigenvalue weighted by Gasteiger charge is -2.45. The Bertz CT molecular complexity index is 1220. The second kappa shape index (κ2) is 9.28. The SMILES string of the molecule is CC(C)(C)OC(=O)N1CCC2(COCCN2C[C@H]2O[C@@H](n3ccc4c(Cl)ncnc43)[C@@H]3OC(C)(C)O[C@@H]32)C1. The van der Waals surface area contributed by atoms with E-state index in [4.69, 9.17) is 35.3 Å². The monoisotopic (exact) mass is 549 g/mol. The molecule has 0 radical (unpaired) electrons. The lowest BCUT2D eigenvalue weighted by molar-refractivity contribution is -0.201. The fourth-order valence-corrected chi connectivity index (χ4v) is 6.35. The van der Waals surface area contributed by atoms with Crippen LogP contribution in [0, 0.1) is 0 Å². The van der Waals surface area contributed by atoms with Crippen molar-refractivity contribution in [2.45, 2.75) is 82.5 Å². The van der Waals surface area contributed by atoms with Crippen molar-refractivity contribution < 1.29 is 28.5 Å². The third-order valence-corrected chi connectivity index (χ3v) is 8.09. The highest BCUT2D eigenvalue weighted by molar-refractivity contribution is 6.33. The van der Waals surface area contributed by atoms with E-state index in [9.17, 15) is 4.79 Å². The molecule has 0 saturated carbocycles. The first kappa shape index (κ1) is 26.2. The molecule has 0 aromatic carbocycles. The average Bonchev–Trinajstić information content (AvgIpc) is 3.58. The van der Waals surface area contributed by atoms with Crippen molar-refractivity contribution in [3.63, 3.8) is 0 Å². The van der Waals surface area contributed by atoms with Crippen LogP contribution in [-0.2, 0) is 23.7 Å². The summed E-state index contributed by atoms with van der Waals surface area (Å²) in [4.78, 5) is 25.6. The zero-order valence-corrected chi connectivity index (χ0v) is 23.3. The van der Waals surface area contributed by atoms with Crippen molar-refractivity contribution in [3.05, 3.63) is 23.7 Å². The largest absolute Gasteiger partial charge is 0.444 e. The number of fused-ring (bicyclic) bond motifs is 2. The molecule has 11 nitrogen and oxygen atoms in total. The van der Waals surface area contributed by atoms with Crippen molar-refractivity contribution in [3.8, 4) is 0 Å². The van der Waals surface area contributed by atoms with Crippen LogP contribution in [0.2, 0.25) is 5.15 Å². The molecule has 4 aliphatic heterocycles. The highest BCUT2D eigenvalue weighted by Crippen LogP contribution is 2.45. The van der Waals surface area contributed by atoms with Gasteiger partial charge in [-0.05, 0) is 47.1 Å². The van der Waals surface area contributed by atoms with Crippen LogP contribution in [0.1, 0.15) is 47.3 Å². The van der Waals surface area contributed by atoms with E-state index in [-0.39, 0.29) is 29.9 Å². The second-order valence-electron chi connectivity index (χ2n) is 12.1. The summed E-state index contributed by atoms with van der Waals surface area (Å²) in [5.41, 5.74) is -0.154. The van der Waals surface area contributed by atoms with Crippen molar-refractivity contribution in [1.82, 2.24) is 24.3 Å². The Hall–Kier alpha value is -2.02. The highest BCUT2D eigenvalue weighted by atomic mass is 35.5. The van der Waals surface area contributed by atoms with Crippen LogP contribution in [0.15, 0.2) is 18.6 Å². The zero-order chi connectivity index (χ0) is 26.9. The minimum Gasteiger partial charge on any atom is -0.444 e. The molecule has 0 N–H and O–H groups in total. The Morgan fingerprint density at radius 3 is 2.79 bits per heavy atom. The molecule has 0 aliphatic carbocycles. The van der Waals surface area contributed by atoms with Crippen LogP contribution in [0.4, 0.5) is 4.79 Å². The molecule has 6 heterocycles. The Balaban J connectivity index is 1.24. The number of hydrogen-bond donors (Lipinski definition) is 0. The summed E-state index contributed by atoms with van der Waals surface area (Å²) in [7, 11) is 0. The molecule has 208 valence electrons. The van der Waals surface area contributed by atoms with Crippen molar-refractivity contribution in [2.75, 3.05) is 39.4 Å². The predicted molar refractivity (Wildman–Crippen MR) is 138 cm³/mol. The van der Waals surface area contributed by atoms with Crippen LogP contribution in [-0.4, -0.2) is 105 Å². The maximum Gasteiger partial charge on any atom is 0.410 e. The number of amides is 1. The lowest BCUT2D eigenvalue weighted by atomic mass is 9.94. The number of nitrogens with zero attached hydrogens (tertiary/aromatic N) is 5. The van der Waals surface area contributed by atoms with Crippen molar-refractivity contribution in [1.29, 1.82) is 0 Å². The standard InChI is InChI=1S/C26H36ClN5O6/c1-24(2,3)38-23(33)30-9-7-26(13-30)14-34-11-10-31(26)12-17-18-19(37-25(4,5)36-18)22(35-17)32-8-6-16-20(27)28-15-29-21(16)32/h6,8,15,17-19,22H,7,9-14H2,1-5H3/t17-,18-,19-,22-,26?/m1/s1. The first-order valence-corrected chi connectivity index (χ1v) is 13.6. The number of aromatic nitrogens is 3. The Morgan fingerprint density at radius 1 is 1.21 bits per heavy atom. The molecule has 1 unspecified atom stereocenters. The summed E-state index contributed by atoms with van der Waals surface area (Å²) in [5.74, 6) is -0.741. The van der Waals surface area contributed by atoms with Crippen LogP contribution < -0.4 is 0 Å². The van der Waals surface area contributed by atoms with Gasteiger partial charge in [0.2, 0.25) is 0 Å². The van der Waals surface area contributed by atoms with Gasteiger partial charge in [-0.3, -0.25) is 4.90 Å². The molecule has 38 heavy (non-hydrogen) atoms. The number of hydrogen-bond acceptors (Lipinski definition) is 9. The zero-order valence-electron chi connectivity index (χ0n) is 22.6. The number of likely N-dealkylation sites (tertiary alicyclic amines) is 1. The van der Waals surface area contributed by atoms with Gasteiger partial charge in [-0.15, -0.1) is 0 Å². The van der Waals surface area contributed by atoms with Gasteiger partial charge in [0.25, 0.3) is 0 Å². The van der Waals surface area contributed by atoms with Gasteiger partial charge in [-0.1, -0.05) is 11.6 Å². The first-order chi connectivity index (χ1) is 17.9. The minimum absolute atomic E-state index is 0.257. The fourth-order valence-electron chi connectivity index (χ4n) is 6.16. The average molecular weight is 550 g/mol. The summed E-state index contributed by atoms with van der Waals surface area (Å²) in [6.07, 6.45) is 2.60. The number of carbonyl (C=O) groups is 1. The van der Waals surface area contributed by atoms with Gasteiger partial charge >= 0.3 is 6.09 Å². The molecule has 4 fully saturated rings. The molecule has 5 atom stereocenters. The van der Waals surface area contributed by atoms with Crippen LogP contribution in [0.3, 0.4) is 0 Å². The molecular formula is C26H36ClN5O6. The van der Waals surface area contributed by atoms with E-state index < -0.39 is 17.6 Å². The molecular weight excluding hydrogens is 514 g/mol. The summed E-state index contributed by atoms with van der Waals surface area (Å²) in [5, 5.41) is 1.16. The van der Waals surface area contributed by atoms with Gasteiger partial charge in [0, 0.05) is 32.4 Å². The van der Waals surface area contributed by atoms with Crippen LogP contribution in [0.5, 0.6) is 0 Å². The normalized spacial score (nSPS) is 33.4. The molecule has 2 aromatic rings. The summed E-state index contributed by atoms with van der Waals surface area (Å²) in [6, 6.07) is 1.89.